The van der Waals surface area contributed by atoms with Crippen LogP contribution in [0, 0.1) is 11.8 Å². The van der Waals surface area contributed by atoms with Crippen LogP contribution in [0.2, 0.25) is 36.3 Å². The summed E-state index contributed by atoms with van der Waals surface area (Å²) >= 11 is 0. The topological polar surface area (TPSA) is 154 Å². The minimum atomic E-state index is -1.86. The van der Waals surface area contributed by atoms with Gasteiger partial charge in [-0.1, -0.05) is 140 Å². The maximum atomic E-state index is 12.5. The summed E-state index contributed by atoms with van der Waals surface area (Å²) in [6, 6.07) is 0. The highest BCUT2D eigenvalue weighted by atomic mass is 28.4. The van der Waals surface area contributed by atoms with Crippen molar-refractivity contribution in [1.82, 2.24) is 0 Å². The Morgan fingerprint density at radius 1 is 0.451 bits per heavy atom. The summed E-state index contributed by atoms with van der Waals surface area (Å²) in [7, 11) is -3.71. The average Bonchev–Trinajstić information content (AvgIpc) is 4.02. The Morgan fingerprint density at radius 3 is 1.01 bits per heavy atom. The Bertz CT molecular complexity index is 1280. The van der Waals surface area contributed by atoms with Crippen LogP contribution in [-0.4, -0.2) is 171 Å². The second-order valence-electron chi connectivity index (χ2n) is 19.2. The van der Waals surface area contributed by atoms with Crippen LogP contribution in [0.25, 0.3) is 0 Å². The molecule has 4 rings (SSSR count). The third-order valence-corrected chi connectivity index (χ3v) is 21.5. The van der Waals surface area contributed by atoms with Crippen LogP contribution in [0.15, 0.2) is 24.3 Å². The molecule has 0 aromatic heterocycles. The van der Waals surface area contributed by atoms with Crippen LogP contribution in [0.4, 0.5) is 0 Å². The molecule has 15 nitrogen and oxygen atoms in total. The Labute approximate surface area is 441 Å². The second-order valence-corrected chi connectivity index (χ2v) is 28.8. The van der Waals surface area contributed by atoms with Gasteiger partial charge in [0.05, 0.1) is 129 Å². The summed E-state index contributed by atoms with van der Waals surface area (Å²) in [5, 5.41) is 0.267. The SMILES string of the molecule is C.C.C.C.C.C.C.C.C.C.CC(C)(C)[Si](C)(C)OCCOCC(COCCO[Si](C)(C)C(C)(C)C)OCCOCCOC(COCCOC(=O)C1CC2C=CC1O2)COCCOC(=O)C1CC2C=CC1O2. The molecule has 4 heterocycles. The molecule has 71 heavy (non-hydrogen) atoms. The first kappa shape index (κ1) is 83.4. The van der Waals surface area contributed by atoms with Gasteiger partial charge >= 0.3 is 11.9 Å². The summed E-state index contributed by atoms with van der Waals surface area (Å²) in [5.74, 6) is -1.08. The van der Waals surface area contributed by atoms with Crippen LogP contribution in [0.5, 0.6) is 0 Å². The van der Waals surface area contributed by atoms with Crippen molar-refractivity contribution in [3.63, 3.8) is 0 Å². The molecule has 4 bridgehead atoms. The number of carbonyl (C=O) groups is 2. The molecule has 2 saturated heterocycles. The molecule has 6 unspecified atom stereocenters. The van der Waals surface area contributed by atoms with Crippen molar-refractivity contribution in [2.24, 2.45) is 11.8 Å². The Hall–Kier alpha value is -1.59. The molecule has 0 spiro atoms. The van der Waals surface area contributed by atoms with Crippen LogP contribution < -0.4 is 0 Å². The number of rotatable bonds is 32. The van der Waals surface area contributed by atoms with Crippen molar-refractivity contribution in [2.45, 2.75) is 202 Å². The average molecular weight is 1060 g/mol. The van der Waals surface area contributed by atoms with Gasteiger partial charge in [0.15, 0.2) is 16.6 Å². The molecule has 0 N–H and O–H groups in total. The molecule has 0 amide bonds. The van der Waals surface area contributed by atoms with Gasteiger partial charge in [-0.15, -0.1) is 0 Å². The molecule has 4 aliphatic rings. The standard InChI is InChI=1S/C44H78O15Si2.10CH4/c1-43(2,3)60(7,8)56-25-19-50-31-36(32-51-20-26-57-61(9,10)44(4,5)6)53-22-16-47-15-21-52-35(29-48-17-23-54-41(45)37-27-33-11-13-39(37)58-33)30-49-18-24-55-42(46)38-28-34-12-14-40(38)59-34;;;;;;;;;;/h11-14,33-40H,15-32H2,1-10H3;10*1H4. The van der Waals surface area contributed by atoms with Crippen LogP contribution in [0.1, 0.15) is 129 Å². The second kappa shape index (κ2) is 40.7. The van der Waals surface area contributed by atoms with Crippen molar-refractivity contribution < 1.29 is 70.5 Å². The monoisotopic (exact) mass is 1060 g/mol. The van der Waals surface area contributed by atoms with Gasteiger partial charge in [0.25, 0.3) is 0 Å². The largest absolute Gasteiger partial charge is 0.463 e. The number of hydrogen-bond donors (Lipinski definition) is 0. The van der Waals surface area contributed by atoms with Gasteiger partial charge in [-0.05, 0) is 49.1 Å². The Kier molecular flexibility index (Phi) is 47.8. The molecule has 4 aliphatic heterocycles. The normalized spacial score (nSPS) is 20.7. The lowest BCUT2D eigenvalue weighted by Gasteiger charge is -2.36. The van der Waals surface area contributed by atoms with E-state index in [1.165, 1.54) is 0 Å². The van der Waals surface area contributed by atoms with Crippen LogP contribution in [0.3, 0.4) is 0 Å². The Morgan fingerprint density at radius 2 is 0.746 bits per heavy atom. The highest BCUT2D eigenvalue weighted by Gasteiger charge is 2.43. The van der Waals surface area contributed by atoms with E-state index in [0.717, 1.165) is 0 Å². The van der Waals surface area contributed by atoms with E-state index >= 15 is 0 Å². The lowest BCUT2D eigenvalue weighted by atomic mass is 9.95. The third kappa shape index (κ3) is 28.8. The molecule has 6 atom stereocenters. The molecule has 0 aromatic carbocycles. The summed E-state index contributed by atoms with van der Waals surface area (Å²) in [6.45, 7) is 27.4. The fourth-order valence-corrected chi connectivity index (χ4v) is 8.62. The molecule has 0 radical (unpaired) electrons. The fraction of sp³-hybridized carbons (Fsp3) is 0.889. The van der Waals surface area contributed by atoms with Gasteiger partial charge in [-0.3, -0.25) is 9.59 Å². The molecular weight excluding hydrogens is 945 g/mol. The first-order valence-electron chi connectivity index (χ1n) is 22.3. The zero-order valence-corrected chi connectivity index (χ0v) is 40.8. The molecule has 0 aromatic rings. The van der Waals surface area contributed by atoms with Crippen molar-refractivity contribution in [3.8, 4) is 0 Å². The smallest absolute Gasteiger partial charge is 0.312 e. The number of carbonyl (C=O) groups excluding carboxylic acids is 2. The number of ether oxygens (including phenoxy) is 11. The molecule has 432 valence electrons. The van der Waals surface area contributed by atoms with Gasteiger partial charge in [0, 0.05) is 0 Å². The van der Waals surface area contributed by atoms with E-state index in [1.807, 2.05) is 24.3 Å². The van der Waals surface area contributed by atoms with Gasteiger partial charge in [-0.2, -0.15) is 0 Å². The van der Waals surface area contributed by atoms with Gasteiger partial charge in [0.2, 0.25) is 0 Å². The minimum absolute atomic E-state index is 0. The molecule has 2 fully saturated rings. The maximum Gasteiger partial charge on any atom is 0.312 e. The van der Waals surface area contributed by atoms with Crippen molar-refractivity contribution in [1.29, 1.82) is 0 Å². The molecule has 0 aliphatic carbocycles. The lowest BCUT2D eigenvalue weighted by Crippen LogP contribution is -2.42. The highest BCUT2D eigenvalue weighted by Crippen LogP contribution is 2.38. The molecule has 17 heteroatoms. The van der Waals surface area contributed by atoms with Crippen LogP contribution in [-0.2, 0) is 70.5 Å². The summed E-state index contributed by atoms with van der Waals surface area (Å²) in [6.07, 6.45) is 8.01. The van der Waals surface area contributed by atoms with E-state index in [-0.39, 0.29) is 185 Å². The van der Waals surface area contributed by atoms with E-state index in [4.69, 9.17) is 61.0 Å². The van der Waals surface area contributed by atoms with E-state index < -0.39 is 22.7 Å². The minimum Gasteiger partial charge on any atom is -0.463 e. The van der Waals surface area contributed by atoms with Crippen molar-refractivity contribution in [2.75, 3.05) is 106 Å². The van der Waals surface area contributed by atoms with Gasteiger partial charge < -0.3 is 61.0 Å². The molecule has 0 saturated carbocycles. The highest BCUT2D eigenvalue weighted by molar-refractivity contribution is 6.74. The summed E-state index contributed by atoms with van der Waals surface area (Å²) < 4.78 is 76.5. The first-order chi connectivity index (χ1) is 28.9. The van der Waals surface area contributed by atoms with E-state index in [1.54, 1.807) is 0 Å². The third-order valence-electron chi connectivity index (χ3n) is 12.4. The number of esters is 2. The van der Waals surface area contributed by atoms with Crippen LogP contribution >= 0.6 is 0 Å². The quantitative estimate of drug-likeness (QED) is 0.0271. The lowest BCUT2D eigenvalue weighted by molar-refractivity contribution is -0.152. The fourth-order valence-electron chi connectivity index (χ4n) is 6.57. The Balaban J connectivity index is -0.000000819. The number of fused-ring (bicyclic) bond motifs is 4. The zero-order chi connectivity index (χ0) is 44.5. The van der Waals surface area contributed by atoms with Crippen molar-refractivity contribution >= 4 is 28.6 Å². The van der Waals surface area contributed by atoms with Gasteiger partial charge in [0.1, 0.15) is 25.4 Å². The summed E-state index contributed by atoms with van der Waals surface area (Å²) in [5.41, 5.74) is 0. The van der Waals surface area contributed by atoms with Gasteiger partial charge in [-0.25, -0.2) is 0 Å². The van der Waals surface area contributed by atoms with E-state index in [2.05, 4.69) is 67.7 Å². The van der Waals surface area contributed by atoms with E-state index in [9.17, 15) is 9.59 Å². The molecular formula is C54H118O15Si2. The van der Waals surface area contributed by atoms with Crippen molar-refractivity contribution in [3.05, 3.63) is 24.3 Å². The predicted octanol–water partition coefficient (Wildman–Crippen LogP) is 12.0. The van der Waals surface area contributed by atoms with E-state index in [0.29, 0.717) is 72.3 Å². The predicted molar refractivity (Wildman–Crippen MR) is 301 cm³/mol. The maximum absolute atomic E-state index is 12.5. The first-order valence-corrected chi connectivity index (χ1v) is 28.1. The zero-order valence-electron chi connectivity index (χ0n) is 38.8. The summed E-state index contributed by atoms with van der Waals surface area (Å²) in [4.78, 5) is 25.0. The number of hydrogen-bond acceptors (Lipinski definition) is 15.